The molecule has 2 aliphatic rings. The maximum atomic E-state index is 12.1. The van der Waals surface area contributed by atoms with E-state index in [0.29, 0.717) is 18.0 Å². The Hall–Kier alpha value is -1.78. The van der Waals surface area contributed by atoms with Crippen LogP contribution in [0.4, 0.5) is 5.13 Å². The second kappa shape index (κ2) is 6.61. The summed E-state index contributed by atoms with van der Waals surface area (Å²) < 4.78 is 0. The first-order valence-corrected chi connectivity index (χ1v) is 8.78. The first-order chi connectivity index (χ1) is 11.4. The maximum Gasteiger partial charge on any atom is 0.279 e. The van der Waals surface area contributed by atoms with Gasteiger partial charge >= 0.3 is 0 Å². The van der Waals surface area contributed by atoms with Gasteiger partial charge in [0.05, 0.1) is 11.6 Å². The Morgan fingerprint density at radius 2 is 2.21 bits per heavy atom. The van der Waals surface area contributed by atoms with Gasteiger partial charge in [-0.15, -0.1) is 10.2 Å². The molecule has 2 heterocycles. The van der Waals surface area contributed by atoms with Crippen molar-refractivity contribution in [3.8, 4) is 0 Å². The number of nitrogens with one attached hydrogen (secondary N) is 2. The highest BCUT2D eigenvalue weighted by Gasteiger charge is 2.43. The van der Waals surface area contributed by atoms with E-state index in [9.17, 15) is 14.7 Å². The molecule has 1 saturated carbocycles. The van der Waals surface area contributed by atoms with Crippen molar-refractivity contribution < 1.29 is 14.7 Å². The van der Waals surface area contributed by atoms with Crippen molar-refractivity contribution in [3.63, 3.8) is 0 Å². The van der Waals surface area contributed by atoms with Gasteiger partial charge in [0.1, 0.15) is 0 Å². The van der Waals surface area contributed by atoms with E-state index in [-0.39, 0.29) is 29.5 Å². The molecule has 1 saturated heterocycles. The van der Waals surface area contributed by atoms with Crippen molar-refractivity contribution in [2.45, 2.75) is 43.4 Å². The number of aromatic nitrogens is 2. The first kappa shape index (κ1) is 17.1. The van der Waals surface area contributed by atoms with E-state index >= 15 is 0 Å². The van der Waals surface area contributed by atoms with E-state index in [2.05, 4.69) is 20.8 Å². The van der Waals surface area contributed by atoms with Crippen molar-refractivity contribution in [2.24, 2.45) is 5.73 Å². The highest BCUT2D eigenvalue weighted by atomic mass is 32.1. The smallest absolute Gasteiger partial charge is 0.279 e. The van der Waals surface area contributed by atoms with Gasteiger partial charge in [-0.05, 0) is 39.3 Å². The lowest BCUT2D eigenvalue weighted by molar-refractivity contribution is -0.127. The van der Waals surface area contributed by atoms with Crippen LogP contribution in [0.25, 0.3) is 0 Å². The number of amides is 2. The molecule has 1 aromatic heterocycles. The second-order valence-corrected chi connectivity index (χ2v) is 7.58. The standard InChI is InChI=1S/C14H22N6O3S/c1-20-4-2-3-9(20)11(22)16-7-14(23)5-8(6-14)17-13-19-18-12(24-13)10(15)21/h8-9,23H,2-7H2,1H3,(H2,15,21)(H,16,22)(H,17,19)/t8?,9-,14?/m0/s1. The average molecular weight is 354 g/mol. The number of likely N-dealkylation sites (tertiary alicyclic amines) is 1. The molecule has 1 aliphatic heterocycles. The maximum absolute atomic E-state index is 12.1. The molecule has 0 aromatic carbocycles. The lowest BCUT2D eigenvalue weighted by atomic mass is 9.75. The third kappa shape index (κ3) is 3.65. The number of primary amides is 1. The summed E-state index contributed by atoms with van der Waals surface area (Å²) in [6.45, 7) is 1.18. The molecule has 5 N–H and O–H groups in total. The zero-order chi connectivity index (χ0) is 17.3. The molecule has 9 nitrogen and oxygen atoms in total. The zero-order valence-electron chi connectivity index (χ0n) is 13.5. The Morgan fingerprint density at radius 3 is 2.79 bits per heavy atom. The van der Waals surface area contributed by atoms with Gasteiger partial charge in [0, 0.05) is 12.6 Å². The van der Waals surface area contributed by atoms with Crippen LogP contribution in [-0.2, 0) is 4.79 Å². The summed E-state index contributed by atoms with van der Waals surface area (Å²) in [6, 6.07) is -0.0501. The number of carbonyl (C=O) groups excluding carboxylic acids is 2. The minimum atomic E-state index is -0.901. The monoisotopic (exact) mass is 354 g/mol. The molecule has 2 amide bonds. The molecule has 1 atom stereocenters. The molecule has 2 fully saturated rings. The van der Waals surface area contributed by atoms with Gasteiger partial charge in [0.15, 0.2) is 0 Å². The van der Waals surface area contributed by atoms with Crippen molar-refractivity contribution in [1.29, 1.82) is 0 Å². The van der Waals surface area contributed by atoms with Crippen LogP contribution in [0.2, 0.25) is 0 Å². The van der Waals surface area contributed by atoms with Crippen LogP contribution < -0.4 is 16.4 Å². The molecule has 24 heavy (non-hydrogen) atoms. The van der Waals surface area contributed by atoms with Crippen LogP contribution in [0.3, 0.4) is 0 Å². The number of rotatable bonds is 6. The van der Waals surface area contributed by atoms with Crippen LogP contribution in [0, 0.1) is 0 Å². The van der Waals surface area contributed by atoms with Gasteiger partial charge in [-0.2, -0.15) is 0 Å². The van der Waals surface area contributed by atoms with Crippen molar-refractivity contribution in [1.82, 2.24) is 20.4 Å². The fraction of sp³-hybridized carbons (Fsp3) is 0.714. The van der Waals surface area contributed by atoms with Crippen molar-refractivity contribution >= 4 is 28.3 Å². The van der Waals surface area contributed by atoms with E-state index in [1.54, 1.807) is 0 Å². The highest BCUT2D eigenvalue weighted by molar-refractivity contribution is 7.17. The largest absolute Gasteiger partial charge is 0.388 e. The van der Waals surface area contributed by atoms with Gasteiger partial charge in [0.2, 0.25) is 16.0 Å². The Balaban J connectivity index is 1.42. The van der Waals surface area contributed by atoms with Crippen molar-refractivity contribution in [3.05, 3.63) is 5.01 Å². The van der Waals surface area contributed by atoms with Crippen LogP contribution in [0.5, 0.6) is 0 Å². The van der Waals surface area contributed by atoms with E-state index in [4.69, 9.17) is 5.73 Å². The SMILES string of the molecule is CN1CCC[C@H]1C(=O)NCC1(O)CC(Nc2nnc(C(N)=O)s2)C1. The van der Waals surface area contributed by atoms with Gasteiger partial charge in [-0.1, -0.05) is 11.3 Å². The third-order valence-electron chi connectivity index (χ3n) is 4.63. The van der Waals surface area contributed by atoms with E-state index in [1.807, 2.05) is 11.9 Å². The topological polar surface area (TPSA) is 133 Å². The van der Waals surface area contributed by atoms with Gasteiger partial charge in [0.25, 0.3) is 5.91 Å². The summed E-state index contributed by atoms with van der Waals surface area (Å²) in [4.78, 5) is 25.2. The highest BCUT2D eigenvalue weighted by Crippen LogP contribution is 2.34. The summed E-state index contributed by atoms with van der Waals surface area (Å²) in [5.74, 6) is -0.625. The Kier molecular flexibility index (Phi) is 4.70. The number of likely N-dealkylation sites (N-methyl/N-ethyl adjacent to an activating group) is 1. The molecular formula is C14H22N6O3S. The number of hydrogen-bond donors (Lipinski definition) is 4. The Morgan fingerprint density at radius 1 is 1.46 bits per heavy atom. The fourth-order valence-electron chi connectivity index (χ4n) is 3.27. The normalized spacial score (nSPS) is 29.9. The van der Waals surface area contributed by atoms with E-state index in [0.717, 1.165) is 30.7 Å². The molecule has 132 valence electrons. The van der Waals surface area contributed by atoms with Gasteiger partial charge in [-0.3, -0.25) is 14.5 Å². The predicted octanol–water partition coefficient (Wildman–Crippen LogP) is -0.847. The minimum Gasteiger partial charge on any atom is -0.388 e. The number of nitrogens with two attached hydrogens (primary N) is 1. The molecule has 0 unspecified atom stereocenters. The number of hydrogen-bond acceptors (Lipinski definition) is 8. The predicted molar refractivity (Wildman–Crippen MR) is 88.7 cm³/mol. The number of anilines is 1. The van der Waals surface area contributed by atoms with Crippen LogP contribution in [0.15, 0.2) is 0 Å². The van der Waals surface area contributed by atoms with Crippen molar-refractivity contribution in [2.75, 3.05) is 25.5 Å². The van der Waals surface area contributed by atoms with Crippen LogP contribution in [0.1, 0.15) is 35.5 Å². The summed E-state index contributed by atoms with van der Waals surface area (Å²) in [7, 11) is 1.94. The molecule has 10 heteroatoms. The average Bonchev–Trinajstić information content (AvgIpc) is 3.12. The third-order valence-corrected chi connectivity index (χ3v) is 5.50. The lowest BCUT2D eigenvalue weighted by Crippen LogP contribution is -2.58. The molecule has 3 rings (SSSR count). The number of nitrogens with zero attached hydrogens (tertiary/aromatic N) is 3. The van der Waals surface area contributed by atoms with Gasteiger partial charge < -0.3 is 21.5 Å². The summed E-state index contributed by atoms with van der Waals surface area (Å²) in [5, 5.41) is 24.6. The van der Waals surface area contributed by atoms with Gasteiger partial charge in [-0.25, -0.2) is 0 Å². The summed E-state index contributed by atoms with van der Waals surface area (Å²) in [5.41, 5.74) is 4.23. The quantitative estimate of drug-likeness (QED) is 0.523. The summed E-state index contributed by atoms with van der Waals surface area (Å²) >= 11 is 1.09. The lowest BCUT2D eigenvalue weighted by Gasteiger charge is -2.44. The Labute approximate surface area is 143 Å². The fourth-order valence-corrected chi connectivity index (χ4v) is 3.94. The molecule has 1 aromatic rings. The molecule has 0 radical (unpaired) electrons. The summed E-state index contributed by atoms with van der Waals surface area (Å²) in [6.07, 6.45) is 2.89. The zero-order valence-corrected chi connectivity index (χ0v) is 14.3. The number of aliphatic hydroxyl groups is 1. The minimum absolute atomic E-state index is 0.0185. The second-order valence-electron chi connectivity index (χ2n) is 6.61. The first-order valence-electron chi connectivity index (χ1n) is 7.96. The van der Waals surface area contributed by atoms with Crippen LogP contribution >= 0.6 is 11.3 Å². The number of carbonyl (C=O) groups is 2. The van der Waals surface area contributed by atoms with Crippen LogP contribution in [-0.4, -0.2) is 69.8 Å². The van der Waals surface area contributed by atoms with E-state index < -0.39 is 11.5 Å². The Bertz CT molecular complexity index is 630. The molecule has 1 aliphatic carbocycles. The molecule has 0 spiro atoms. The molecule has 0 bridgehead atoms. The molecular weight excluding hydrogens is 332 g/mol. The van der Waals surface area contributed by atoms with E-state index in [1.165, 1.54) is 0 Å².